The molecular weight excluding hydrogens is 337 g/mol. The van der Waals surface area contributed by atoms with Crippen molar-refractivity contribution in [1.82, 2.24) is 5.32 Å². The third-order valence-electron chi connectivity index (χ3n) is 4.13. The summed E-state index contributed by atoms with van der Waals surface area (Å²) < 4.78 is 31.4. The normalized spacial score (nSPS) is 12.6. The Morgan fingerprint density at radius 3 is 1.75 bits per heavy atom. The van der Waals surface area contributed by atoms with Crippen LogP contribution in [0.2, 0.25) is 0 Å². The second kappa shape index (κ2) is 17.0. The number of carbonyl (C=O) groups is 1. The molecule has 0 spiro atoms. The molecule has 0 aromatic heterocycles. The zero-order valence-corrected chi connectivity index (χ0v) is 18.7. The van der Waals surface area contributed by atoms with E-state index < -0.39 is 21.2 Å². The first-order valence-corrected chi connectivity index (χ1v) is 10.6. The first-order chi connectivity index (χ1) is 10.9. The zero-order valence-electron chi connectivity index (χ0n) is 16.8. The van der Waals surface area contributed by atoms with Gasteiger partial charge < -0.3 is 6.74 Å². The third kappa shape index (κ3) is 14.8. The van der Waals surface area contributed by atoms with Crippen molar-refractivity contribution < 1.29 is 48.7 Å². The smallest absolute Gasteiger partial charge is 1.00 e. The molecule has 1 unspecified atom stereocenters. The van der Waals surface area contributed by atoms with E-state index in [2.05, 4.69) is 12.2 Å². The predicted molar refractivity (Wildman–Crippen MR) is 96.5 cm³/mol. The predicted octanol–water partition coefficient (Wildman–Crippen LogP) is 0.849. The van der Waals surface area contributed by atoms with Crippen LogP contribution in [0.15, 0.2) is 0 Å². The Bertz CT molecular complexity index is 407. The molecule has 0 amide bonds. The van der Waals surface area contributed by atoms with E-state index in [1.54, 1.807) is 7.05 Å². The van der Waals surface area contributed by atoms with Crippen LogP contribution >= 0.6 is 0 Å². The molecule has 0 rings (SSSR count). The van der Waals surface area contributed by atoms with Gasteiger partial charge in [0.15, 0.2) is 11.0 Å². The second-order valence-electron chi connectivity index (χ2n) is 6.31. The number of unbranched alkanes of at least 4 members (excludes halogenated alkanes) is 10. The van der Waals surface area contributed by atoms with Gasteiger partial charge in [-0.3, -0.25) is 9.35 Å². The van der Waals surface area contributed by atoms with E-state index in [0.717, 1.165) is 12.8 Å². The van der Waals surface area contributed by atoms with Crippen LogP contribution in [0, 0.1) is 0 Å². The maximum absolute atomic E-state index is 11.9. The van der Waals surface area contributed by atoms with Gasteiger partial charge in [-0.1, -0.05) is 71.1 Å². The van der Waals surface area contributed by atoms with Gasteiger partial charge in [0, 0.05) is 13.0 Å². The minimum Gasteiger partial charge on any atom is -1.00 e. The van der Waals surface area contributed by atoms with Crippen molar-refractivity contribution in [2.24, 2.45) is 0 Å². The fourth-order valence-corrected chi connectivity index (χ4v) is 3.52. The summed E-state index contributed by atoms with van der Waals surface area (Å²) in [6, 6.07) is 0. The van der Waals surface area contributed by atoms with Gasteiger partial charge in [0.1, 0.15) is 0 Å². The van der Waals surface area contributed by atoms with Crippen LogP contribution in [0.1, 0.15) is 85.4 Å². The monoisotopic (exact) mass is 373 g/mol. The first kappa shape index (κ1) is 26.8. The maximum Gasteiger partial charge on any atom is 1.00 e. The molecular formula is C17H36NNaO4S. The topological polar surface area (TPSA) is 83.5 Å². The van der Waals surface area contributed by atoms with Crippen molar-refractivity contribution in [3.63, 3.8) is 0 Å². The van der Waals surface area contributed by atoms with Crippen molar-refractivity contribution in [2.45, 2.75) is 89.2 Å². The summed E-state index contributed by atoms with van der Waals surface area (Å²) in [7, 11) is -2.74. The van der Waals surface area contributed by atoms with E-state index in [9.17, 15) is 13.2 Å². The molecule has 0 fully saturated rings. The minimum atomic E-state index is -4.30. The van der Waals surface area contributed by atoms with Crippen molar-refractivity contribution in [3.8, 4) is 0 Å². The Morgan fingerprint density at radius 1 is 0.958 bits per heavy atom. The van der Waals surface area contributed by atoms with E-state index in [1.807, 2.05) is 0 Å². The number of carbonyl (C=O) groups excluding carboxylic acids is 1. The van der Waals surface area contributed by atoms with Gasteiger partial charge in [-0.2, -0.15) is 8.42 Å². The van der Waals surface area contributed by atoms with Gasteiger partial charge in [0.25, 0.3) is 10.1 Å². The van der Waals surface area contributed by atoms with Crippen molar-refractivity contribution in [2.75, 3.05) is 13.6 Å². The molecule has 2 N–H and O–H groups in total. The van der Waals surface area contributed by atoms with Crippen molar-refractivity contribution >= 4 is 15.9 Å². The largest absolute Gasteiger partial charge is 1.00 e. The summed E-state index contributed by atoms with van der Waals surface area (Å²) in [6.07, 6.45) is 13.3. The number of hydrogen-bond acceptors (Lipinski definition) is 4. The maximum atomic E-state index is 11.9. The molecule has 0 radical (unpaired) electrons. The molecule has 24 heavy (non-hydrogen) atoms. The fourth-order valence-electron chi connectivity index (χ4n) is 2.70. The molecule has 0 aliphatic carbocycles. The van der Waals surface area contributed by atoms with Gasteiger partial charge in [-0.05, 0) is 13.5 Å². The Balaban J connectivity index is -0.00000242. The Morgan fingerprint density at radius 2 is 1.38 bits per heavy atom. The number of hydrogen-bond donors (Lipinski definition) is 2. The molecule has 0 aliphatic rings. The van der Waals surface area contributed by atoms with Crippen LogP contribution in [-0.4, -0.2) is 37.6 Å². The van der Waals surface area contributed by atoms with Crippen molar-refractivity contribution in [1.29, 1.82) is 0 Å². The van der Waals surface area contributed by atoms with Gasteiger partial charge >= 0.3 is 29.6 Å². The standard InChI is InChI=1S/C17H35NO4S.Na.H/c1-3-4-5-6-7-8-9-10-11-12-13-14-16(19)17(15-18-2)23(20,21)22;;/h17-18H,3-15H2,1-2H3,(H,20,21,22);;/q;+1;-1. The molecule has 0 bridgehead atoms. The van der Waals surface area contributed by atoms with Crippen LogP contribution in [-0.2, 0) is 14.9 Å². The van der Waals surface area contributed by atoms with E-state index in [4.69, 9.17) is 4.55 Å². The number of ketones is 1. The van der Waals surface area contributed by atoms with Crippen LogP contribution in [0.4, 0.5) is 0 Å². The molecule has 0 aliphatic heterocycles. The van der Waals surface area contributed by atoms with Gasteiger partial charge in [0.05, 0.1) is 0 Å². The SMILES string of the molecule is CCCCCCCCCCCCCC(=O)C(CNC)S(=O)(=O)O.[H-].[Na+]. The molecule has 0 aromatic rings. The molecule has 5 nitrogen and oxygen atoms in total. The average molecular weight is 374 g/mol. The van der Waals surface area contributed by atoms with E-state index in [-0.39, 0.29) is 43.9 Å². The molecule has 0 aromatic carbocycles. The Kier molecular flexibility index (Phi) is 18.9. The minimum absolute atomic E-state index is 0. The van der Waals surface area contributed by atoms with Gasteiger partial charge in [-0.15, -0.1) is 0 Å². The summed E-state index contributed by atoms with van der Waals surface area (Å²) in [5.41, 5.74) is 0. The van der Waals surface area contributed by atoms with E-state index >= 15 is 0 Å². The zero-order chi connectivity index (χ0) is 17.6. The molecule has 140 valence electrons. The van der Waals surface area contributed by atoms with Crippen LogP contribution < -0.4 is 34.9 Å². The van der Waals surface area contributed by atoms with Gasteiger partial charge in [-0.25, -0.2) is 0 Å². The van der Waals surface area contributed by atoms with E-state index in [1.165, 1.54) is 51.4 Å². The number of Topliss-reactive ketones (excluding diaryl/α,β-unsaturated/α-hetero) is 1. The molecule has 1 atom stereocenters. The van der Waals surface area contributed by atoms with Crippen LogP contribution in [0.5, 0.6) is 0 Å². The van der Waals surface area contributed by atoms with Crippen molar-refractivity contribution in [3.05, 3.63) is 0 Å². The summed E-state index contributed by atoms with van der Waals surface area (Å²) in [5.74, 6) is -0.391. The summed E-state index contributed by atoms with van der Waals surface area (Å²) in [6.45, 7) is 2.19. The summed E-state index contributed by atoms with van der Waals surface area (Å²) >= 11 is 0. The summed E-state index contributed by atoms with van der Waals surface area (Å²) in [4.78, 5) is 11.9. The fraction of sp³-hybridized carbons (Fsp3) is 0.941. The average Bonchev–Trinajstić information content (AvgIpc) is 2.48. The quantitative estimate of drug-likeness (QED) is 0.238. The molecule has 0 saturated carbocycles. The van der Waals surface area contributed by atoms with E-state index in [0.29, 0.717) is 6.42 Å². The van der Waals surface area contributed by atoms with Gasteiger partial charge in [0.2, 0.25) is 0 Å². The summed E-state index contributed by atoms with van der Waals surface area (Å²) in [5, 5.41) is 1.31. The van der Waals surface area contributed by atoms with Crippen LogP contribution in [0.3, 0.4) is 0 Å². The second-order valence-corrected chi connectivity index (χ2v) is 7.91. The molecule has 7 heteroatoms. The molecule has 0 saturated heterocycles. The molecule has 0 heterocycles. The van der Waals surface area contributed by atoms with Crippen LogP contribution in [0.25, 0.3) is 0 Å². The Hall–Kier alpha value is 0.540. The Labute approximate surface area is 172 Å². The number of nitrogens with one attached hydrogen (secondary N) is 1. The third-order valence-corrected chi connectivity index (χ3v) is 5.28. The first-order valence-electron chi connectivity index (χ1n) is 9.07. The number of rotatable bonds is 16.